The Bertz CT molecular complexity index is 1080. The molecule has 0 bridgehead atoms. The van der Waals surface area contributed by atoms with Crippen molar-refractivity contribution in [3.63, 3.8) is 0 Å². The lowest BCUT2D eigenvalue weighted by atomic mass is 10.1. The molecule has 30 heavy (non-hydrogen) atoms. The van der Waals surface area contributed by atoms with Crippen molar-refractivity contribution in [3.8, 4) is 0 Å². The van der Waals surface area contributed by atoms with Crippen LogP contribution < -0.4 is 10.2 Å². The van der Waals surface area contributed by atoms with Crippen LogP contribution in [0.3, 0.4) is 0 Å². The van der Waals surface area contributed by atoms with Gasteiger partial charge in [-0.3, -0.25) is 14.5 Å². The summed E-state index contributed by atoms with van der Waals surface area (Å²) in [5.41, 5.74) is 3.62. The average Bonchev–Trinajstić information content (AvgIpc) is 3.15. The van der Waals surface area contributed by atoms with Crippen LogP contribution in [0.15, 0.2) is 72.8 Å². The number of aryl methyl sites for hydroxylation is 1. The Hall–Kier alpha value is -3.12. The molecule has 0 aromatic heterocycles. The monoisotopic (exact) mass is 420 g/mol. The second kappa shape index (κ2) is 8.71. The van der Waals surface area contributed by atoms with Gasteiger partial charge in [-0.1, -0.05) is 49.4 Å². The molecule has 1 fully saturated rings. The number of para-hydroxylation sites is 1. The van der Waals surface area contributed by atoms with Crippen LogP contribution in [-0.4, -0.2) is 17.6 Å². The van der Waals surface area contributed by atoms with Gasteiger partial charge in [-0.05, 0) is 47.9 Å². The Morgan fingerprint density at radius 2 is 1.77 bits per heavy atom. The fourth-order valence-corrected chi connectivity index (χ4v) is 4.72. The number of carbonyl (C=O) groups excluding carboxylic acids is 2. The minimum Gasteiger partial charge on any atom is -0.322 e. The van der Waals surface area contributed by atoms with Gasteiger partial charge in [0.1, 0.15) is 11.2 Å². The van der Waals surface area contributed by atoms with Crippen LogP contribution in [0.4, 0.5) is 15.8 Å². The van der Waals surface area contributed by atoms with Crippen LogP contribution in [0.25, 0.3) is 0 Å². The molecule has 3 aromatic carbocycles. The summed E-state index contributed by atoms with van der Waals surface area (Å²) in [6, 6.07) is 21.2. The second-order valence-corrected chi connectivity index (χ2v) is 8.03. The zero-order chi connectivity index (χ0) is 21.1. The number of nitrogens with zero attached hydrogens (tertiary/aromatic N) is 1. The van der Waals surface area contributed by atoms with Crippen molar-refractivity contribution >= 4 is 35.0 Å². The van der Waals surface area contributed by atoms with E-state index in [9.17, 15) is 14.0 Å². The maximum atomic E-state index is 13.8. The zero-order valence-corrected chi connectivity index (χ0v) is 17.3. The lowest BCUT2D eigenvalue weighted by molar-refractivity contribution is -0.115. The highest BCUT2D eigenvalue weighted by molar-refractivity contribution is 8.00. The Morgan fingerprint density at radius 3 is 2.50 bits per heavy atom. The van der Waals surface area contributed by atoms with Gasteiger partial charge in [0.2, 0.25) is 5.91 Å². The van der Waals surface area contributed by atoms with Crippen molar-refractivity contribution in [1.29, 1.82) is 0 Å². The van der Waals surface area contributed by atoms with E-state index in [2.05, 4.69) is 12.2 Å². The molecule has 4 nitrogen and oxygen atoms in total. The van der Waals surface area contributed by atoms with Crippen LogP contribution in [0.5, 0.6) is 0 Å². The predicted octanol–water partition coefficient (Wildman–Crippen LogP) is 5.42. The van der Waals surface area contributed by atoms with E-state index in [0.29, 0.717) is 11.4 Å². The minimum absolute atomic E-state index is 0.000805. The molecule has 1 saturated heterocycles. The van der Waals surface area contributed by atoms with Gasteiger partial charge in [0.25, 0.3) is 5.91 Å². The number of hydrogen-bond acceptors (Lipinski definition) is 3. The van der Waals surface area contributed by atoms with Gasteiger partial charge in [-0.2, -0.15) is 0 Å². The number of rotatable bonds is 5. The number of anilines is 2. The number of carbonyl (C=O) groups is 2. The maximum absolute atomic E-state index is 13.8. The quantitative estimate of drug-likeness (QED) is 0.600. The molecule has 6 heteroatoms. The van der Waals surface area contributed by atoms with Crippen molar-refractivity contribution in [2.24, 2.45) is 0 Å². The molecular formula is C24H21FN2O2S. The van der Waals surface area contributed by atoms with Crippen molar-refractivity contribution in [3.05, 3.63) is 95.3 Å². The number of benzene rings is 3. The molecule has 0 spiro atoms. The van der Waals surface area contributed by atoms with Gasteiger partial charge >= 0.3 is 0 Å². The molecule has 152 valence electrons. The van der Waals surface area contributed by atoms with Gasteiger partial charge in [0.15, 0.2) is 0 Å². The molecule has 4 rings (SSSR count). The van der Waals surface area contributed by atoms with Gasteiger partial charge in [0.05, 0.1) is 11.3 Å². The normalized spacial score (nSPS) is 16.0. The smallest absolute Gasteiger partial charge is 0.258 e. The highest BCUT2D eigenvalue weighted by atomic mass is 32.2. The second-order valence-electron chi connectivity index (χ2n) is 6.97. The van der Waals surface area contributed by atoms with Crippen molar-refractivity contribution < 1.29 is 14.0 Å². The Morgan fingerprint density at radius 1 is 1.07 bits per heavy atom. The number of amides is 2. The van der Waals surface area contributed by atoms with E-state index in [1.54, 1.807) is 36.0 Å². The molecule has 1 aliphatic rings. The van der Waals surface area contributed by atoms with Crippen molar-refractivity contribution in [2.45, 2.75) is 18.7 Å². The van der Waals surface area contributed by atoms with Crippen LogP contribution in [0, 0.1) is 5.82 Å². The van der Waals surface area contributed by atoms with E-state index < -0.39 is 11.7 Å². The molecule has 0 aliphatic carbocycles. The summed E-state index contributed by atoms with van der Waals surface area (Å²) < 4.78 is 13.8. The first-order valence-electron chi connectivity index (χ1n) is 9.76. The van der Waals surface area contributed by atoms with E-state index >= 15 is 0 Å². The first kappa shape index (κ1) is 20.2. The lowest BCUT2D eigenvalue weighted by Gasteiger charge is -2.26. The van der Waals surface area contributed by atoms with E-state index in [1.165, 1.54) is 12.1 Å². The number of hydrogen-bond donors (Lipinski definition) is 1. The summed E-state index contributed by atoms with van der Waals surface area (Å²) in [5.74, 6) is -0.542. The third-order valence-corrected chi connectivity index (χ3v) is 6.28. The fraction of sp³-hybridized carbons (Fsp3) is 0.167. The molecule has 1 heterocycles. The van der Waals surface area contributed by atoms with E-state index in [1.807, 2.05) is 41.3 Å². The van der Waals surface area contributed by atoms with Gasteiger partial charge in [-0.15, -0.1) is 11.8 Å². The zero-order valence-electron chi connectivity index (χ0n) is 16.5. The van der Waals surface area contributed by atoms with Gasteiger partial charge in [0, 0.05) is 11.4 Å². The largest absolute Gasteiger partial charge is 0.322 e. The summed E-state index contributed by atoms with van der Waals surface area (Å²) in [7, 11) is 0. The van der Waals surface area contributed by atoms with Crippen LogP contribution in [0.1, 0.15) is 33.8 Å². The maximum Gasteiger partial charge on any atom is 0.258 e. The molecular weight excluding hydrogens is 399 g/mol. The summed E-state index contributed by atoms with van der Waals surface area (Å²) in [6.45, 7) is 2.08. The Labute approximate surface area is 179 Å². The Balaban J connectivity index is 1.55. The first-order valence-corrected chi connectivity index (χ1v) is 10.8. The highest BCUT2D eigenvalue weighted by Gasteiger charge is 2.34. The van der Waals surface area contributed by atoms with Crippen LogP contribution in [-0.2, 0) is 11.2 Å². The molecule has 0 unspecified atom stereocenters. The van der Waals surface area contributed by atoms with E-state index in [4.69, 9.17) is 0 Å². The molecule has 0 radical (unpaired) electrons. The predicted molar refractivity (Wildman–Crippen MR) is 119 cm³/mol. The number of nitrogens with one attached hydrogen (secondary N) is 1. The van der Waals surface area contributed by atoms with Crippen LogP contribution >= 0.6 is 11.8 Å². The van der Waals surface area contributed by atoms with E-state index in [0.717, 1.165) is 23.2 Å². The Kier molecular flexibility index (Phi) is 5.86. The third-order valence-electron chi connectivity index (χ3n) is 5.07. The van der Waals surface area contributed by atoms with E-state index in [-0.39, 0.29) is 16.8 Å². The third kappa shape index (κ3) is 3.96. The SMILES string of the molecule is CCc1ccccc1N1C(=O)CS[C@@H]1c1ccc(NC(=O)c2ccccc2F)cc1. The molecule has 3 aromatic rings. The van der Waals surface area contributed by atoms with Gasteiger partial charge in [-0.25, -0.2) is 4.39 Å². The topological polar surface area (TPSA) is 49.4 Å². The van der Waals surface area contributed by atoms with Gasteiger partial charge < -0.3 is 5.32 Å². The summed E-state index contributed by atoms with van der Waals surface area (Å²) >= 11 is 1.58. The van der Waals surface area contributed by atoms with Crippen molar-refractivity contribution in [2.75, 3.05) is 16.0 Å². The lowest BCUT2D eigenvalue weighted by Crippen LogP contribution is -2.28. The number of thioether (sulfide) groups is 1. The summed E-state index contributed by atoms with van der Waals surface area (Å²) in [6.07, 6.45) is 0.846. The standard InChI is InChI=1S/C24H21FN2O2S/c1-2-16-7-3-6-10-21(16)27-22(28)15-30-24(27)17-11-13-18(14-12-17)26-23(29)19-8-4-5-9-20(19)25/h3-14,24H,2,15H2,1H3,(H,26,29)/t24-/m1/s1. The average molecular weight is 421 g/mol. The summed E-state index contributed by atoms with van der Waals surface area (Å²) in [4.78, 5) is 26.8. The highest BCUT2D eigenvalue weighted by Crippen LogP contribution is 2.43. The minimum atomic E-state index is -0.558. The fourth-order valence-electron chi connectivity index (χ4n) is 3.55. The molecule has 0 saturated carbocycles. The molecule has 1 aliphatic heterocycles. The first-order chi connectivity index (χ1) is 14.6. The number of halogens is 1. The molecule has 2 amide bonds. The molecule has 1 atom stereocenters. The summed E-state index contributed by atoms with van der Waals surface area (Å²) in [5, 5.41) is 2.60. The van der Waals surface area contributed by atoms with Crippen molar-refractivity contribution in [1.82, 2.24) is 0 Å². The van der Waals surface area contributed by atoms with Crippen LogP contribution in [0.2, 0.25) is 0 Å². The molecule has 1 N–H and O–H groups in total.